The maximum absolute atomic E-state index is 5.68. The summed E-state index contributed by atoms with van der Waals surface area (Å²) in [4.78, 5) is 0. The van der Waals surface area contributed by atoms with Crippen molar-refractivity contribution >= 4 is 21.6 Å². The molecule has 0 atom stereocenters. The second-order valence-electron chi connectivity index (χ2n) is 4.18. The molecule has 0 amide bonds. The van der Waals surface area contributed by atoms with Crippen molar-refractivity contribution < 1.29 is 9.47 Å². The van der Waals surface area contributed by atoms with Crippen LogP contribution in [0.3, 0.4) is 0 Å². The van der Waals surface area contributed by atoms with Crippen LogP contribution in [-0.4, -0.2) is 13.2 Å². The van der Waals surface area contributed by atoms with Crippen LogP contribution in [0, 0.1) is 6.92 Å². The molecule has 0 heterocycles. The number of nitrogen functional groups attached to an aromatic ring is 1. The van der Waals surface area contributed by atoms with Crippen LogP contribution in [0.5, 0.6) is 11.5 Å². The Morgan fingerprint density at radius 3 is 2.63 bits per heavy atom. The highest BCUT2D eigenvalue weighted by molar-refractivity contribution is 9.10. The maximum atomic E-state index is 5.68. The van der Waals surface area contributed by atoms with Crippen LogP contribution in [0.4, 0.5) is 5.69 Å². The molecule has 0 aliphatic carbocycles. The minimum atomic E-state index is 0.482. The van der Waals surface area contributed by atoms with Crippen LogP contribution in [0.1, 0.15) is 5.56 Å². The van der Waals surface area contributed by atoms with Crippen LogP contribution in [0.15, 0.2) is 46.9 Å². The lowest BCUT2D eigenvalue weighted by Crippen LogP contribution is -2.09. The molecule has 2 aromatic rings. The fourth-order valence-electron chi connectivity index (χ4n) is 1.64. The fraction of sp³-hybridized carbons (Fsp3) is 0.200. The number of aryl methyl sites for hydroxylation is 1. The number of anilines is 1. The number of benzene rings is 2. The normalized spacial score (nSPS) is 10.2. The molecule has 0 aliphatic rings. The molecule has 3 nitrogen and oxygen atoms in total. The van der Waals surface area contributed by atoms with Gasteiger partial charge in [-0.3, -0.25) is 0 Å². The van der Waals surface area contributed by atoms with Gasteiger partial charge in [0.05, 0.1) is 0 Å². The van der Waals surface area contributed by atoms with Gasteiger partial charge in [-0.1, -0.05) is 28.1 Å². The molecule has 0 saturated heterocycles. The van der Waals surface area contributed by atoms with E-state index in [1.165, 1.54) is 0 Å². The summed E-state index contributed by atoms with van der Waals surface area (Å²) in [5, 5.41) is 0. The Hall–Kier alpha value is -1.68. The Balaban J connectivity index is 1.82. The van der Waals surface area contributed by atoms with Crippen LogP contribution in [0.2, 0.25) is 0 Å². The standard InChI is InChI=1S/C15H16BrNO2/c1-11-5-6-12(16)9-15(11)19-8-7-18-14-4-2-3-13(17)10-14/h2-6,9-10H,7-8,17H2,1H3. The third kappa shape index (κ3) is 4.17. The van der Waals surface area contributed by atoms with Crippen molar-refractivity contribution in [1.82, 2.24) is 0 Å². The highest BCUT2D eigenvalue weighted by Crippen LogP contribution is 2.22. The second kappa shape index (κ2) is 6.48. The lowest BCUT2D eigenvalue weighted by atomic mass is 10.2. The van der Waals surface area contributed by atoms with Crippen molar-refractivity contribution in [2.75, 3.05) is 18.9 Å². The third-order valence-electron chi connectivity index (χ3n) is 2.62. The third-order valence-corrected chi connectivity index (χ3v) is 3.11. The van der Waals surface area contributed by atoms with Gasteiger partial charge in [-0.25, -0.2) is 0 Å². The molecule has 0 saturated carbocycles. The van der Waals surface area contributed by atoms with Crippen molar-refractivity contribution in [2.45, 2.75) is 6.92 Å². The maximum Gasteiger partial charge on any atom is 0.123 e. The van der Waals surface area contributed by atoms with Gasteiger partial charge >= 0.3 is 0 Å². The Bertz CT molecular complexity index is 558. The first kappa shape index (κ1) is 13.7. The first-order valence-electron chi connectivity index (χ1n) is 6.02. The van der Waals surface area contributed by atoms with Crippen LogP contribution in [-0.2, 0) is 0 Å². The topological polar surface area (TPSA) is 44.5 Å². The molecule has 0 spiro atoms. The van der Waals surface area contributed by atoms with E-state index in [2.05, 4.69) is 15.9 Å². The SMILES string of the molecule is Cc1ccc(Br)cc1OCCOc1cccc(N)c1. The molecule has 0 unspecified atom stereocenters. The first-order valence-corrected chi connectivity index (χ1v) is 6.82. The summed E-state index contributed by atoms with van der Waals surface area (Å²) in [6.45, 7) is 2.99. The predicted octanol–water partition coefficient (Wildman–Crippen LogP) is 3.80. The smallest absolute Gasteiger partial charge is 0.123 e. The zero-order valence-electron chi connectivity index (χ0n) is 10.7. The fourth-order valence-corrected chi connectivity index (χ4v) is 1.98. The number of nitrogens with two attached hydrogens (primary N) is 1. The van der Waals surface area contributed by atoms with E-state index in [9.17, 15) is 0 Å². The van der Waals surface area contributed by atoms with Gasteiger partial charge in [-0.05, 0) is 36.8 Å². The largest absolute Gasteiger partial charge is 0.490 e. The first-order chi connectivity index (χ1) is 9.15. The molecule has 2 N–H and O–H groups in total. The molecule has 0 aromatic heterocycles. The number of ether oxygens (including phenoxy) is 2. The summed E-state index contributed by atoms with van der Waals surface area (Å²) in [6.07, 6.45) is 0. The highest BCUT2D eigenvalue weighted by atomic mass is 79.9. The molecule has 100 valence electrons. The van der Waals surface area contributed by atoms with E-state index in [4.69, 9.17) is 15.2 Å². The Labute approximate surface area is 121 Å². The van der Waals surface area contributed by atoms with E-state index >= 15 is 0 Å². The molecule has 0 fully saturated rings. The number of rotatable bonds is 5. The summed E-state index contributed by atoms with van der Waals surface area (Å²) in [7, 11) is 0. The molecule has 4 heteroatoms. The minimum absolute atomic E-state index is 0.482. The van der Waals surface area contributed by atoms with Crippen molar-refractivity contribution in [2.24, 2.45) is 0 Å². The van der Waals surface area contributed by atoms with Gasteiger partial charge in [0.25, 0.3) is 0 Å². The summed E-state index contributed by atoms with van der Waals surface area (Å²) >= 11 is 3.42. The molecule has 2 aromatic carbocycles. The van der Waals surface area contributed by atoms with Crippen molar-refractivity contribution in [3.05, 3.63) is 52.5 Å². The monoisotopic (exact) mass is 321 g/mol. The van der Waals surface area contributed by atoms with Gasteiger partial charge < -0.3 is 15.2 Å². The van der Waals surface area contributed by atoms with Crippen LogP contribution in [0.25, 0.3) is 0 Å². The average Bonchev–Trinajstić information content (AvgIpc) is 2.39. The minimum Gasteiger partial charge on any atom is -0.490 e. The van der Waals surface area contributed by atoms with Crippen molar-refractivity contribution in [3.8, 4) is 11.5 Å². The summed E-state index contributed by atoms with van der Waals surface area (Å²) in [5.74, 6) is 1.63. The zero-order chi connectivity index (χ0) is 13.7. The zero-order valence-corrected chi connectivity index (χ0v) is 12.3. The Morgan fingerprint density at radius 2 is 1.84 bits per heavy atom. The summed E-state index contributed by atoms with van der Waals surface area (Å²) in [5.41, 5.74) is 7.47. The van der Waals surface area contributed by atoms with E-state index < -0.39 is 0 Å². The van der Waals surface area contributed by atoms with Gasteiger partial charge in [-0.15, -0.1) is 0 Å². The lowest BCUT2D eigenvalue weighted by molar-refractivity contribution is 0.216. The van der Waals surface area contributed by atoms with Gasteiger partial charge in [0.2, 0.25) is 0 Å². The quantitative estimate of drug-likeness (QED) is 0.673. The molecule has 0 radical (unpaired) electrons. The van der Waals surface area contributed by atoms with E-state index in [-0.39, 0.29) is 0 Å². The van der Waals surface area contributed by atoms with Gasteiger partial charge in [0.1, 0.15) is 24.7 Å². The highest BCUT2D eigenvalue weighted by Gasteiger charge is 2.01. The van der Waals surface area contributed by atoms with E-state index in [1.54, 1.807) is 6.07 Å². The van der Waals surface area contributed by atoms with Crippen molar-refractivity contribution in [1.29, 1.82) is 0 Å². The molecule has 19 heavy (non-hydrogen) atoms. The van der Waals surface area contributed by atoms with Gasteiger partial charge in [-0.2, -0.15) is 0 Å². The lowest BCUT2D eigenvalue weighted by Gasteiger charge is -2.11. The number of hydrogen-bond donors (Lipinski definition) is 1. The van der Waals surface area contributed by atoms with Crippen LogP contribution < -0.4 is 15.2 Å². The molecule has 2 rings (SSSR count). The van der Waals surface area contributed by atoms with Gasteiger partial charge in [0.15, 0.2) is 0 Å². The van der Waals surface area contributed by atoms with Gasteiger partial charge in [0, 0.05) is 16.2 Å². The predicted molar refractivity (Wildman–Crippen MR) is 80.7 cm³/mol. The molecular formula is C15H16BrNO2. The Kier molecular flexibility index (Phi) is 4.68. The van der Waals surface area contributed by atoms with E-state index in [0.29, 0.717) is 18.9 Å². The van der Waals surface area contributed by atoms with E-state index in [1.807, 2.05) is 43.3 Å². The average molecular weight is 322 g/mol. The van der Waals surface area contributed by atoms with Crippen LogP contribution >= 0.6 is 15.9 Å². The number of hydrogen-bond acceptors (Lipinski definition) is 3. The molecular weight excluding hydrogens is 306 g/mol. The van der Waals surface area contributed by atoms with E-state index in [0.717, 1.165) is 21.5 Å². The Morgan fingerprint density at radius 1 is 1.05 bits per heavy atom. The summed E-state index contributed by atoms with van der Waals surface area (Å²) in [6, 6.07) is 13.3. The summed E-state index contributed by atoms with van der Waals surface area (Å²) < 4.78 is 12.2. The second-order valence-corrected chi connectivity index (χ2v) is 5.09. The number of halogens is 1. The molecule has 0 bridgehead atoms. The molecule has 0 aliphatic heterocycles. The van der Waals surface area contributed by atoms with Crippen molar-refractivity contribution in [3.63, 3.8) is 0 Å².